The van der Waals surface area contributed by atoms with Gasteiger partial charge in [0.1, 0.15) is 0 Å². The molecule has 0 saturated carbocycles. The van der Waals surface area contributed by atoms with Crippen LogP contribution in [0.5, 0.6) is 0 Å². The first-order chi connectivity index (χ1) is 11.8. The third-order valence-electron chi connectivity index (χ3n) is 4.24. The molecule has 0 radical (unpaired) electrons. The summed E-state index contributed by atoms with van der Waals surface area (Å²) in [5, 5.41) is 4.17. The molecular weight excluding hydrogens is 335 g/mol. The van der Waals surface area contributed by atoms with Gasteiger partial charge in [-0.2, -0.15) is 8.78 Å². The second-order valence-corrected chi connectivity index (χ2v) is 6.65. The number of halogens is 3. The van der Waals surface area contributed by atoms with Gasteiger partial charge in [-0.25, -0.2) is 14.1 Å². The quantitative estimate of drug-likeness (QED) is 0.743. The lowest BCUT2D eigenvalue weighted by atomic mass is 9.88. The minimum Gasteiger partial charge on any atom is -0.322 e. The van der Waals surface area contributed by atoms with E-state index in [1.165, 1.54) is 18.5 Å². The van der Waals surface area contributed by atoms with E-state index in [-0.39, 0.29) is 24.1 Å². The van der Waals surface area contributed by atoms with Gasteiger partial charge in [0.2, 0.25) is 11.6 Å². The predicted octanol–water partition coefficient (Wildman–Crippen LogP) is 3.73. The number of fused-ring (bicyclic) bond motifs is 1. The van der Waals surface area contributed by atoms with Crippen LogP contribution in [0.1, 0.15) is 54.5 Å². The molecule has 2 atom stereocenters. The molecule has 0 N–H and O–H groups in total. The van der Waals surface area contributed by atoms with E-state index < -0.39 is 30.6 Å². The fourth-order valence-electron chi connectivity index (χ4n) is 2.87. The van der Waals surface area contributed by atoms with Gasteiger partial charge in [-0.1, -0.05) is 44.2 Å². The van der Waals surface area contributed by atoms with Gasteiger partial charge in [0, 0.05) is 6.42 Å². The molecule has 3 rings (SSSR count). The van der Waals surface area contributed by atoms with Gasteiger partial charge in [0.15, 0.2) is 12.0 Å². The van der Waals surface area contributed by atoms with Crippen molar-refractivity contribution in [3.8, 4) is 0 Å². The van der Waals surface area contributed by atoms with Crippen molar-refractivity contribution in [3.63, 3.8) is 0 Å². The first kappa shape index (κ1) is 17.6. The van der Waals surface area contributed by atoms with E-state index in [4.69, 9.17) is 0 Å². The van der Waals surface area contributed by atoms with Crippen LogP contribution in [-0.4, -0.2) is 33.8 Å². The SMILES string of the molecule is CC(C)(COC(F)F)C(=O)c1nc2n(n1)[C@H](c1ccccc1)C[C@@H]2F. The summed E-state index contributed by atoms with van der Waals surface area (Å²) in [5.41, 5.74) is -0.374. The Labute approximate surface area is 142 Å². The number of ether oxygens (including phenoxy) is 1. The summed E-state index contributed by atoms with van der Waals surface area (Å²) >= 11 is 0. The summed E-state index contributed by atoms with van der Waals surface area (Å²) in [6.45, 7) is -0.518. The van der Waals surface area contributed by atoms with Gasteiger partial charge in [0.05, 0.1) is 18.1 Å². The van der Waals surface area contributed by atoms with Crippen LogP contribution >= 0.6 is 0 Å². The van der Waals surface area contributed by atoms with Crippen LogP contribution in [-0.2, 0) is 4.74 Å². The zero-order valence-electron chi connectivity index (χ0n) is 13.8. The lowest BCUT2D eigenvalue weighted by molar-refractivity contribution is -0.142. The van der Waals surface area contributed by atoms with Crippen molar-refractivity contribution < 1.29 is 22.7 Å². The highest BCUT2D eigenvalue weighted by atomic mass is 19.3. The van der Waals surface area contributed by atoms with Crippen LogP contribution in [0.25, 0.3) is 0 Å². The number of Topliss-reactive ketones (excluding diaryl/α,β-unsaturated/α-hetero) is 1. The van der Waals surface area contributed by atoms with E-state index in [1.54, 1.807) is 0 Å². The highest BCUT2D eigenvalue weighted by Crippen LogP contribution is 2.39. The van der Waals surface area contributed by atoms with Gasteiger partial charge in [-0.3, -0.25) is 4.79 Å². The summed E-state index contributed by atoms with van der Waals surface area (Å²) in [6, 6.07) is 8.91. The van der Waals surface area contributed by atoms with E-state index in [2.05, 4.69) is 14.8 Å². The number of nitrogens with zero attached hydrogens (tertiary/aromatic N) is 3. The molecule has 2 heterocycles. The van der Waals surface area contributed by atoms with E-state index in [1.807, 2.05) is 30.3 Å². The number of alkyl halides is 3. The topological polar surface area (TPSA) is 57.0 Å². The van der Waals surface area contributed by atoms with Crippen molar-refractivity contribution >= 4 is 5.78 Å². The Balaban J connectivity index is 1.87. The molecule has 0 fully saturated rings. The van der Waals surface area contributed by atoms with Gasteiger partial charge < -0.3 is 4.74 Å². The van der Waals surface area contributed by atoms with Gasteiger partial charge >= 0.3 is 6.61 Å². The molecule has 2 aromatic rings. The zero-order valence-corrected chi connectivity index (χ0v) is 13.8. The maximum absolute atomic E-state index is 14.3. The molecule has 0 spiro atoms. The van der Waals surface area contributed by atoms with Crippen molar-refractivity contribution in [3.05, 3.63) is 47.5 Å². The van der Waals surface area contributed by atoms with Gasteiger partial charge in [-0.05, 0) is 5.56 Å². The molecule has 8 heteroatoms. The Morgan fingerprint density at radius 2 is 2.04 bits per heavy atom. The van der Waals surface area contributed by atoms with E-state index in [0.717, 1.165) is 5.56 Å². The largest absolute Gasteiger partial charge is 0.345 e. The normalized spacial score (nSPS) is 20.1. The number of aromatic nitrogens is 3. The summed E-state index contributed by atoms with van der Waals surface area (Å²) < 4.78 is 44.5. The van der Waals surface area contributed by atoms with Crippen LogP contribution in [0.4, 0.5) is 13.2 Å². The Bertz CT molecular complexity index is 762. The average molecular weight is 353 g/mol. The first-order valence-corrected chi connectivity index (χ1v) is 7.89. The minimum atomic E-state index is -2.97. The Morgan fingerprint density at radius 1 is 1.36 bits per heavy atom. The summed E-state index contributed by atoms with van der Waals surface area (Å²) in [6.07, 6.45) is -1.13. The maximum Gasteiger partial charge on any atom is 0.345 e. The second kappa shape index (κ2) is 6.59. The number of carbonyl (C=O) groups is 1. The first-order valence-electron chi connectivity index (χ1n) is 7.89. The summed E-state index contributed by atoms with van der Waals surface area (Å²) in [7, 11) is 0. The Morgan fingerprint density at radius 3 is 2.68 bits per heavy atom. The van der Waals surface area contributed by atoms with Crippen LogP contribution in [0.15, 0.2) is 30.3 Å². The second-order valence-electron chi connectivity index (χ2n) is 6.65. The molecule has 134 valence electrons. The van der Waals surface area contributed by atoms with Crippen LogP contribution in [0.2, 0.25) is 0 Å². The monoisotopic (exact) mass is 353 g/mol. The molecule has 0 bridgehead atoms. The number of carbonyl (C=O) groups excluding carboxylic acids is 1. The molecular formula is C17H18F3N3O2. The lowest BCUT2D eigenvalue weighted by Crippen LogP contribution is -2.31. The third kappa shape index (κ3) is 3.44. The number of ketones is 1. The van der Waals surface area contributed by atoms with Crippen molar-refractivity contribution in [2.45, 2.75) is 39.1 Å². The number of hydrogen-bond donors (Lipinski definition) is 0. The molecule has 0 amide bonds. The number of benzene rings is 1. The van der Waals surface area contributed by atoms with E-state index in [0.29, 0.717) is 0 Å². The fourth-order valence-corrected chi connectivity index (χ4v) is 2.87. The smallest absolute Gasteiger partial charge is 0.322 e. The zero-order chi connectivity index (χ0) is 18.2. The average Bonchev–Trinajstić information content (AvgIpc) is 3.14. The molecule has 5 nitrogen and oxygen atoms in total. The number of rotatable bonds is 6. The van der Waals surface area contributed by atoms with Crippen molar-refractivity contribution in [1.29, 1.82) is 0 Å². The Kier molecular flexibility index (Phi) is 4.64. The molecule has 0 saturated heterocycles. The van der Waals surface area contributed by atoms with E-state index in [9.17, 15) is 18.0 Å². The predicted molar refractivity (Wildman–Crippen MR) is 83.1 cm³/mol. The van der Waals surface area contributed by atoms with Crippen molar-refractivity contribution in [1.82, 2.24) is 14.8 Å². The fraction of sp³-hybridized carbons (Fsp3) is 0.471. The highest BCUT2D eigenvalue weighted by molar-refractivity contribution is 5.96. The van der Waals surface area contributed by atoms with Crippen molar-refractivity contribution in [2.24, 2.45) is 5.41 Å². The van der Waals surface area contributed by atoms with Gasteiger partial charge in [-0.15, -0.1) is 5.10 Å². The molecule has 0 unspecified atom stereocenters. The molecule has 1 aliphatic rings. The molecule has 1 aliphatic heterocycles. The lowest BCUT2D eigenvalue weighted by Gasteiger charge is -2.21. The van der Waals surface area contributed by atoms with E-state index >= 15 is 0 Å². The molecule has 0 aliphatic carbocycles. The summed E-state index contributed by atoms with van der Waals surface area (Å²) in [4.78, 5) is 16.6. The molecule has 25 heavy (non-hydrogen) atoms. The van der Waals surface area contributed by atoms with Crippen LogP contribution < -0.4 is 0 Å². The van der Waals surface area contributed by atoms with Gasteiger partial charge in [0.25, 0.3) is 0 Å². The summed E-state index contributed by atoms with van der Waals surface area (Å²) in [5.74, 6) is -0.655. The van der Waals surface area contributed by atoms with Crippen LogP contribution in [0, 0.1) is 5.41 Å². The molecule has 1 aromatic heterocycles. The Hall–Kier alpha value is -2.22. The van der Waals surface area contributed by atoms with Crippen LogP contribution in [0.3, 0.4) is 0 Å². The minimum absolute atomic E-state index is 0.0859. The highest BCUT2D eigenvalue weighted by Gasteiger charge is 2.39. The standard InChI is InChI=1S/C17H18F3N3O2/c1-17(2,9-25-16(19)20)13(24)14-21-15-11(18)8-12(23(15)22-14)10-6-4-3-5-7-10/h3-7,11-12,16H,8-9H2,1-2H3/t11-,12-/m0/s1. The van der Waals surface area contributed by atoms with Crippen molar-refractivity contribution in [2.75, 3.05) is 6.61 Å². The number of hydrogen-bond acceptors (Lipinski definition) is 4. The maximum atomic E-state index is 14.3. The molecule has 1 aromatic carbocycles. The third-order valence-corrected chi connectivity index (χ3v) is 4.24.